The molecule has 0 aromatic heterocycles. The van der Waals surface area contributed by atoms with Crippen LogP contribution in [0.1, 0.15) is 75.6 Å². The van der Waals surface area contributed by atoms with Gasteiger partial charge in [0.05, 0.1) is 0 Å². The lowest BCUT2D eigenvalue weighted by atomic mass is 9.73. The Balaban J connectivity index is 1.18. The van der Waals surface area contributed by atoms with Crippen molar-refractivity contribution in [2.75, 3.05) is 4.90 Å². The van der Waals surface area contributed by atoms with Crippen LogP contribution in [-0.2, 0) is 10.8 Å². The van der Waals surface area contributed by atoms with Crippen molar-refractivity contribution in [3.8, 4) is 33.4 Å². The molecular weight excluding hydrogens is 663 g/mol. The number of hydrogen-bond donors (Lipinski definition) is 0. The molecule has 0 aliphatic heterocycles. The van der Waals surface area contributed by atoms with Crippen LogP contribution in [0.4, 0.5) is 17.1 Å². The first-order valence-electron chi connectivity index (χ1n) is 20.3. The smallest absolute Gasteiger partial charge is 0.0468 e. The first-order valence-corrected chi connectivity index (χ1v) is 20.3. The standard InChI is InChI=1S/C54H47N/c1-5-53(6-2)49-23-14-13-21-45(49)46-30-28-42(35-52(46)53)55(40-26-24-37(25-27-40)44-22-15-19-36-16-11-12-20-43(36)44)41-29-31-50-48(34-41)47-32-38-17-9-10-18-39(38)33-51(47)54(50,7-3)8-4/h9-35H,5-8H2,1-4H3. The highest BCUT2D eigenvalue weighted by Gasteiger charge is 2.42. The predicted octanol–water partition coefficient (Wildman–Crippen LogP) is 15.3. The molecule has 0 saturated carbocycles. The van der Waals surface area contributed by atoms with E-state index < -0.39 is 0 Å². The van der Waals surface area contributed by atoms with Crippen LogP contribution in [0, 0.1) is 0 Å². The Morgan fingerprint density at radius 1 is 0.345 bits per heavy atom. The van der Waals surface area contributed by atoms with Gasteiger partial charge in [0.1, 0.15) is 0 Å². The maximum absolute atomic E-state index is 2.51. The maximum atomic E-state index is 2.51. The normalized spacial score (nSPS) is 14.4. The minimum Gasteiger partial charge on any atom is -0.310 e. The average Bonchev–Trinajstić information content (AvgIpc) is 3.68. The molecule has 55 heavy (non-hydrogen) atoms. The number of anilines is 3. The van der Waals surface area contributed by atoms with Gasteiger partial charge < -0.3 is 4.90 Å². The van der Waals surface area contributed by atoms with Crippen LogP contribution in [0.15, 0.2) is 164 Å². The second-order valence-electron chi connectivity index (χ2n) is 15.7. The largest absolute Gasteiger partial charge is 0.310 e. The van der Waals surface area contributed by atoms with Crippen LogP contribution < -0.4 is 4.90 Å². The van der Waals surface area contributed by atoms with Crippen molar-refractivity contribution < 1.29 is 0 Å². The topological polar surface area (TPSA) is 3.24 Å². The van der Waals surface area contributed by atoms with E-state index in [-0.39, 0.29) is 10.8 Å². The summed E-state index contributed by atoms with van der Waals surface area (Å²) < 4.78 is 0. The molecule has 0 saturated heterocycles. The summed E-state index contributed by atoms with van der Waals surface area (Å²) in [5.41, 5.74) is 17.4. The fourth-order valence-electron chi connectivity index (χ4n) is 10.6. The molecule has 0 heterocycles. The number of benzene rings is 8. The van der Waals surface area contributed by atoms with E-state index in [1.807, 2.05) is 0 Å². The minimum absolute atomic E-state index is 0.000630. The molecule has 0 fully saturated rings. The highest BCUT2D eigenvalue weighted by Crippen LogP contribution is 2.57. The lowest BCUT2D eigenvalue weighted by molar-refractivity contribution is 0.490. The quantitative estimate of drug-likeness (QED) is 0.152. The summed E-state index contributed by atoms with van der Waals surface area (Å²) in [6.45, 7) is 9.46. The van der Waals surface area contributed by atoms with Crippen LogP contribution in [0.5, 0.6) is 0 Å². The predicted molar refractivity (Wildman–Crippen MR) is 235 cm³/mol. The third kappa shape index (κ3) is 4.85. The highest BCUT2D eigenvalue weighted by molar-refractivity contribution is 5.98. The molecule has 10 rings (SSSR count). The monoisotopic (exact) mass is 709 g/mol. The van der Waals surface area contributed by atoms with E-state index in [1.165, 1.54) is 88.6 Å². The zero-order valence-corrected chi connectivity index (χ0v) is 32.4. The Kier molecular flexibility index (Phi) is 7.86. The number of nitrogens with zero attached hydrogens (tertiary/aromatic N) is 1. The van der Waals surface area contributed by atoms with E-state index in [0.717, 1.165) is 31.4 Å². The average molecular weight is 710 g/mol. The van der Waals surface area contributed by atoms with Gasteiger partial charge >= 0.3 is 0 Å². The van der Waals surface area contributed by atoms with Gasteiger partial charge in [-0.05, 0) is 151 Å². The molecule has 268 valence electrons. The van der Waals surface area contributed by atoms with Crippen LogP contribution in [0.25, 0.3) is 54.9 Å². The molecule has 1 nitrogen and oxygen atoms in total. The molecule has 0 amide bonds. The van der Waals surface area contributed by atoms with Crippen molar-refractivity contribution in [2.45, 2.75) is 64.2 Å². The van der Waals surface area contributed by atoms with Gasteiger partial charge in [-0.2, -0.15) is 0 Å². The van der Waals surface area contributed by atoms with E-state index >= 15 is 0 Å². The lowest BCUT2D eigenvalue weighted by Gasteiger charge is -2.32. The zero-order chi connectivity index (χ0) is 37.3. The summed E-state index contributed by atoms with van der Waals surface area (Å²) in [6.07, 6.45) is 4.27. The van der Waals surface area contributed by atoms with Gasteiger partial charge in [0, 0.05) is 27.9 Å². The molecule has 2 aliphatic carbocycles. The van der Waals surface area contributed by atoms with Gasteiger partial charge in [0.15, 0.2) is 0 Å². The van der Waals surface area contributed by atoms with Crippen molar-refractivity contribution in [3.63, 3.8) is 0 Å². The van der Waals surface area contributed by atoms with Crippen molar-refractivity contribution in [1.82, 2.24) is 0 Å². The summed E-state index contributed by atoms with van der Waals surface area (Å²) in [4.78, 5) is 2.51. The second kappa shape index (κ2) is 12.8. The molecule has 8 aromatic carbocycles. The fraction of sp³-hybridized carbons (Fsp3) is 0.185. The highest BCUT2D eigenvalue weighted by atomic mass is 15.1. The Morgan fingerprint density at radius 2 is 0.855 bits per heavy atom. The SMILES string of the molecule is CCC1(CC)c2ccccc2-c2ccc(N(c3ccc(-c4cccc5ccccc45)cc3)c3ccc4c(c3)-c3cc5ccccc5cc3C4(CC)CC)cc21. The van der Waals surface area contributed by atoms with Crippen LogP contribution in [-0.4, -0.2) is 0 Å². The third-order valence-corrected chi connectivity index (χ3v) is 13.6. The van der Waals surface area contributed by atoms with Crippen molar-refractivity contribution in [2.24, 2.45) is 0 Å². The van der Waals surface area contributed by atoms with Gasteiger partial charge in [0.2, 0.25) is 0 Å². The maximum Gasteiger partial charge on any atom is 0.0468 e. The molecule has 0 spiro atoms. The summed E-state index contributed by atoms with van der Waals surface area (Å²) in [6, 6.07) is 62.0. The van der Waals surface area contributed by atoms with Crippen molar-refractivity contribution >= 4 is 38.6 Å². The van der Waals surface area contributed by atoms with E-state index in [4.69, 9.17) is 0 Å². The van der Waals surface area contributed by atoms with E-state index in [2.05, 4.69) is 196 Å². The van der Waals surface area contributed by atoms with Gasteiger partial charge in [-0.25, -0.2) is 0 Å². The van der Waals surface area contributed by atoms with E-state index in [1.54, 1.807) is 0 Å². The van der Waals surface area contributed by atoms with Crippen molar-refractivity contribution in [1.29, 1.82) is 0 Å². The van der Waals surface area contributed by atoms with Crippen molar-refractivity contribution in [3.05, 3.63) is 186 Å². The molecule has 8 aromatic rings. The lowest BCUT2D eigenvalue weighted by Crippen LogP contribution is -2.23. The first kappa shape index (κ1) is 33.6. The Hall–Kier alpha value is -5.92. The number of hydrogen-bond acceptors (Lipinski definition) is 1. The third-order valence-electron chi connectivity index (χ3n) is 13.6. The molecular formula is C54H47N. The second-order valence-corrected chi connectivity index (χ2v) is 15.7. The first-order chi connectivity index (χ1) is 27.0. The van der Waals surface area contributed by atoms with Crippen LogP contribution in [0.2, 0.25) is 0 Å². The van der Waals surface area contributed by atoms with Gasteiger partial charge in [-0.15, -0.1) is 0 Å². The molecule has 0 bridgehead atoms. The molecule has 0 radical (unpaired) electrons. The molecule has 0 N–H and O–H groups in total. The van der Waals surface area contributed by atoms with Gasteiger partial charge in [-0.1, -0.05) is 143 Å². The molecule has 0 atom stereocenters. The summed E-state index contributed by atoms with van der Waals surface area (Å²) >= 11 is 0. The van der Waals surface area contributed by atoms with E-state index in [9.17, 15) is 0 Å². The molecule has 0 unspecified atom stereocenters. The fourth-order valence-corrected chi connectivity index (χ4v) is 10.6. The van der Waals surface area contributed by atoms with Crippen LogP contribution >= 0.6 is 0 Å². The number of rotatable bonds is 8. The Bertz CT molecular complexity index is 2750. The Labute approximate surface area is 325 Å². The molecule has 1 heteroatoms. The summed E-state index contributed by atoms with van der Waals surface area (Å²) in [7, 11) is 0. The number of fused-ring (bicyclic) bond motifs is 8. The summed E-state index contributed by atoms with van der Waals surface area (Å²) in [5, 5.41) is 5.17. The zero-order valence-electron chi connectivity index (χ0n) is 32.4. The minimum atomic E-state index is -0.00832. The van der Waals surface area contributed by atoms with E-state index in [0.29, 0.717) is 0 Å². The Morgan fingerprint density at radius 3 is 1.60 bits per heavy atom. The van der Waals surface area contributed by atoms with Gasteiger partial charge in [0.25, 0.3) is 0 Å². The van der Waals surface area contributed by atoms with Crippen LogP contribution in [0.3, 0.4) is 0 Å². The summed E-state index contributed by atoms with van der Waals surface area (Å²) in [5.74, 6) is 0. The van der Waals surface area contributed by atoms with Gasteiger partial charge in [-0.3, -0.25) is 0 Å². The molecule has 2 aliphatic rings.